The standard InChI is InChI=1S/C13H19ClN2O4S/c1-10(13(17)15-8-3-9-20-2)16-21(18,19)12-6-4-11(14)5-7-12/h4-7,10,16H,3,8-9H2,1-2H3,(H,15,17)/t10-/m0/s1. The Morgan fingerprint density at radius 3 is 2.52 bits per heavy atom. The molecule has 1 amide bonds. The fourth-order valence-corrected chi connectivity index (χ4v) is 2.88. The van der Waals surface area contributed by atoms with Gasteiger partial charge in [0.1, 0.15) is 0 Å². The van der Waals surface area contributed by atoms with Crippen LogP contribution < -0.4 is 10.0 Å². The van der Waals surface area contributed by atoms with Crippen LogP contribution in [0.25, 0.3) is 0 Å². The van der Waals surface area contributed by atoms with Crippen LogP contribution in [0.15, 0.2) is 29.2 Å². The molecule has 1 rings (SSSR count). The van der Waals surface area contributed by atoms with Crippen molar-refractivity contribution < 1.29 is 17.9 Å². The molecule has 6 nitrogen and oxygen atoms in total. The van der Waals surface area contributed by atoms with Crippen molar-refractivity contribution in [3.05, 3.63) is 29.3 Å². The van der Waals surface area contributed by atoms with Crippen LogP contribution in [0.5, 0.6) is 0 Å². The lowest BCUT2D eigenvalue weighted by Crippen LogP contribution is -2.45. The minimum atomic E-state index is -3.75. The van der Waals surface area contributed by atoms with Crippen molar-refractivity contribution in [1.82, 2.24) is 10.0 Å². The molecule has 0 bridgehead atoms. The molecule has 0 saturated carbocycles. The normalized spacial score (nSPS) is 12.9. The zero-order valence-electron chi connectivity index (χ0n) is 11.9. The van der Waals surface area contributed by atoms with Gasteiger partial charge in [-0.1, -0.05) is 11.6 Å². The molecule has 0 unspecified atom stereocenters. The van der Waals surface area contributed by atoms with Gasteiger partial charge < -0.3 is 10.1 Å². The third-order valence-corrected chi connectivity index (χ3v) is 4.48. The van der Waals surface area contributed by atoms with Gasteiger partial charge in [0.25, 0.3) is 0 Å². The van der Waals surface area contributed by atoms with E-state index in [0.29, 0.717) is 24.6 Å². The monoisotopic (exact) mass is 334 g/mol. The largest absolute Gasteiger partial charge is 0.385 e. The second kappa shape index (κ2) is 8.33. The minimum absolute atomic E-state index is 0.0610. The van der Waals surface area contributed by atoms with Crippen molar-refractivity contribution >= 4 is 27.5 Å². The number of sulfonamides is 1. The summed E-state index contributed by atoms with van der Waals surface area (Å²) in [6.45, 7) is 2.45. The highest BCUT2D eigenvalue weighted by molar-refractivity contribution is 7.89. The van der Waals surface area contributed by atoms with Crippen molar-refractivity contribution in [2.45, 2.75) is 24.3 Å². The van der Waals surface area contributed by atoms with Crippen LogP contribution in [0.2, 0.25) is 5.02 Å². The van der Waals surface area contributed by atoms with Crippen LogP contribution in [-0.2, 0) is 19.6 Å². The van der Waals surface area contributed by atoms with Crippen LogP contribution >= 0.6 is 11.6 Å². The third-order valence-electron chi connectivity index (χ3n) is 2.67. The van der Waals surface area contributed by atoms with E-state index in [9.17, 15) is 13.2 Å². The van der Waals surface area contributed by atoms with E-state index in [2.05, 4.69) is 10.0 Å². The Morgan fingerprint density at radius 2 is 1.95 bits per heavy atom. The zero-order chi connectivity index (χ0) is 15.9. The first-order valence-corrected chi connectivity index (χ1v) is 8.27. The van der Waals surface area contributed by atoms with Crippen LogP contribution in [0.3, 0.4) is 0 Å². The summed E-state index contributed by atoms with van der Waals surface area (Å²) < 4.78 is 31.3. The van der Waals surface area contributed by atoms with E-state index in [4.69, 9.17) is 16.3 Å². The summed E-state index contributed by atoms with van der Waals surface area (Å²) in [5.41, 5.74) is 0. The Balaban J connectivity index is 2.58. The molecule has 1 atom stereocenters. The van der Waals surface area contributed by atoms with E-state index in [1.54, 1.807) is 7.11 Å². The van der Waals surface area contributed by atoms with Crippen LogP contribution in [-0.4, -0.2) is 40.6 Å². The van der Waals surface area contributed by atoms with Gasteiger partial charge in [-0.2, -0.15) is 4.72 Å². The van der Waals surface area contributed by atoms with Gasteiger partial charge in [-0.25, -0.2) is 8.42 Å². The maximum absolute atomic E-state index is 12.1. The summed E-state index contributed by atoms with van der Waals surface area (Å²) in [5, 5.41) is 3.08. The molecule has 0 spiro atoms. The number of carbonyl (C=O) groups excluding carboxylic acids is 1. The van der Waals surface area contributed by atoms with Crippen molar-refractivity contribution in [3.8, 4) is 0 Å². The van der Waals surface area contributed by atoms with E-state index in [1.165, 1.54) is 31.2 Å². The first-order chi connectivity index (χ1) is 9.86. The highest BCUT2D eigenvalue weighted by atomic mass is 35.5. The molecular formula is C13H19ClN2O4S. The predicted octanol–water partition coefficient (Wildman–Crippen LogP) is 1.16. The van der Waals surface area contributed by atoms with Crippen molar-refractivity contribution in [3.63, 3.8) is 0 Å². The fourth-order valence-electron chi connectivity index (χ4n) is 1.55. The Bertz CT molecular complexity index is 560. The molecule has 118 valence electrons. The van der Waals surface area contributed by atoms with Crippen molar-refractivity contribution in [2.24, 2.45) is 0 Å². The quantitative estimate of drug-likeness (QED) is 0.699. The molecule has 0 heterocycles. The molecule has 1 aromatic carbocycles. The molecule has 0 radical (unpaired) electrons. The highest BCUT2D eigenvalue weighted by Gasteiger charge is 2.21. The molecule has 21 heavy (non-hydrogen) atoms. The SMILES string of the molecule is COCCCNC(=O)[C@H](C)NS(=O)(=O)c1ccc(Cl)cc1. The highest BCUT2D eigenvalue weighted by Crippen LogP contribution is 2.14. The van der Waals surface area contributed by atoms with Crippen LogP contribution in [0.4, 0.5) is 0 Å². The topological polar surface area (TPSA) is 84.5 Å². The van der Waals surface area contributed by atoms with Crippen LogP contribution in [0, 0.1) is 0 Å². The van der Waals surface area contributed by atoms with Crippen molar-refractivity contribution in [2.75, 3.05) is 20.3 Å². The first kappa shape index (κ1) is 17.9. The number of halogens is 1. The van der Waals surface area contributed by atoms with Gasteiger partial charge in [0, 0.05) is 25.3 Å². The lowest BCUT2D eigenvalue weighted by Gasteiger charge is -2.14. The Kier molecular flexibility index (Phi) is 7.10. The van der Waals surface area contributed by atoms with E-state index in [1.807, 2.05) is 0 Å². The number of carbonyl (C=O) groups is 1. The number of nitrogens with one attached hydrogen (secondary N) is 2. The summed E-state index contributed by atoms with van der Waals surface area (Å²) in [6, 6.07) is 4.85. The summed E-state index contributed by atoms with van der Waals surface area (Å²) >= 11 is 5.71. The van der Waals surface area contributed by atoms with Gasteiger partial charge in [-0.15, -0.1) is 0 Å². The second-order valence-electron chi connectivity index (χ2n) is 4.43. The molecule has 0 aliphatic rings. The van der Waals surface area contributed by atoms with Gasteiger partial charge in [0.05, 0.1) is 10.9 Å². The molecule has 2 N–H and O–H groups in total. The zero-order valence-corrected chi connectivity index (χ0v) is 13.5. The molecule has 0 aromatic heterocycles. The average molecular weight is 335 g/mol. The first-order valence-electron chi connectivity index (χ1n) is 6.41. The minimum Gasteiger partial charge on any atom is -0.385 e. The molecule has 8 heteroatoms. The summed E-state index contributed by atoms with van der Waals surface area (Å²) in [7, 11) is -2.18. The van der Waals surface area contributed by atoms with E-state index < -0.39 is 16.1 Å². The number of methoxy groups -OCH3 is 1. The lowest BCUT2D eigenvalue weighted by atomic mass is 10.3. The molecule has 0 saturated heterocycles. The molecule has 0 aliphatic heterocycles. The van der Waals surface area contributed by atoms with Crippen molar-refractivity contribution in [1.29, 1.82) is 0 Å². The second-order valence-corrected chi connectivity index (χ2v) is 6.58. The Morgan fingerprint density at radius 1 is 1.33 bits per heavy atom. The predicted molar refractivity (Wildman–Crippen MR) is 80.7 cm³/mol. The van der Waals surface area contributed by atoms with E-state index in [0.717, 1.165) is 0 Å². The Labute approximate surface area is 129 Å². The maximum atomic E-state index is 12.1. The molecule has 0 aliphatic carbocycles. The van der Waals surface area contributed by atoms with Gasteiger partial charge in [-0.3, -0.25) is 4.79 Å². The van der Waals surface area contributed by atoms with Gasteiger partial charge in [0.15, 0.2) is 0 Å². The summed E-state index contributed by atoms with van der Waals surface area (Å²) in [6.07, 6.45) is 0.666. The number of ether oxygens (including phenoxy) is 1. The van der Waals surface area contributed by atoms with Gasteiger partial charge in [0.2, 0.25) is 15.9 Å². The van der Waals surface area contributed by atoms with E-state index >= 15 is 0 Å². The maximum Gasteiger partial charge on any atom is 0.241 e. The number of hydrogen-bond donors (Lipinski definition) is 2. The number of benzene rings is 1. The molecule has 0 fully saturated rings. The third kappa shape index (κ3) is 6.01. The molecular weight excluding hydrogens is 316 g/mol. The summed E-state index contributed by atoms with van der Waals surface area (Å²) in [4.78, 5) is 11.8. The molecule has 1 aromatic rings. The Hall–Kier alpha value is -1.15. The van der Waals surface area contributed by atoms with Crippen LogP contribution in [0.1, 0.15) is 13.3 Å². The number of amides is 1. The van der Waals surface area contributed by atoms with Gasteiger partial charge >= 0.3 is 0 Å². The number of hydrogen-bond acceptors (Lipinski definition) is 4. The van der Waals surface area contributed by atoms with Gasteiger partial charge in [-0.05, 0) is 37.6 Å². The number of rotatable bonds is 8. The smallest absolute Gasteiger partial charge is 0.241 e. The average Bonchev–Trinajstić information content (AvgIpc) is 2.43. The lowest BCUT2D eigenvalue weighted by molar-refractivity contribution is -0.122. The van der Waals surface area contributed by atoms with E-state index in [-0.39, 0.29) is 10.8 Å². The summed E-state index contributed by atoms with van der Waals surface area (Å²) in [5.74, 6) is -0.386. The fraction of sp³-hybridized carbons (Fsp3) is 0.462.